The quantitative estimate of drug-likeness (QED) is 0.206. The monoisotopic (exact) mass is 449 g/mol. The Balaban J connectivity index is 1.79. The van der Waals surface area contributed by atoms with Gasteiger partial charge in [0.15, 0.2) is 14.7 Å². The summed E-state index contributed by atoms with van der Waals surface area (Å²) in [5, 5.41) is 0. The Hall–Kier alpha value is -2.72. The minimum absolute atomic E-state index is 0.179. The third-order valence-electron chi connectivity index (χ3n) is 5.63. The molecule has 0 saturated carbocycles. The van der Waals surface area contributed by atoms with Crippen LogP contribution < -0.4 is 4.74 Å². The minimum atomic E-state index is -0.460. The molecule has 3 rings (SSSR count). The zero-order chi connectivity index (χ0) is 23.1. The Kier molecular flexibility index (Phi) is 8.03. The van der Waals surface area contributed by atoms with Crippen LogP contribution in [0.4, 0.5) is 0 Å². The van der Waals surface area contributed by atoms with Crippen molar-refractivity contribution in [3.05, 3.63) is 83.9 Å². The lowest BCUT2D eigenvalue weighted by Gasteiger charge is -2.20. The van der Waals surface area contributed by atoms with E-state index in [2.05, 4.69) is 86.6 Å². The van der Waals surface area contributed by atoms with Gasteiger partial charge >= 0.3 is 5.97 Å². The van der Waals surface area contributed by atoms with E-state index >= 15 is 0 Å². The molecule has 3 aromatic rings. The summed E-state index contributed by atoms with van der Waals surface area (Å²) in [5.41, 5.74) is 1.72. The van der Waals surface area contributed by atoms with E-state index in [4.69, 9.17) is 9.47 Å². The van der Waals surface area contributed by atoms with Crippen LogP contribution in [0.15, 0.2) is 87.5 Å². The first-order valence-corrected chi connectivity index (χ1v) is 12.3. The second kappa shape index (κ2) is 10.7. The van der Waals surface area contributed by atoms with E-state index in [9.17, 15) is 4.79 Å². The van der Waals surface area contributed by atoms with Crippen molar-refractivity contribution in [3.63, 3.8) is 0 Å². The average Bonchev–Trinajstić information content (AvgIpc) is 2.79. The topological polar surface area (TPSA) is 35.5 Å². The molecule has 0 aliphatic carbocycles. The number of esters is 1. The SMILES string of the molecule is CCC(C)(C)C(=O)OCCOc1c(C)cc([S+](c2ccccc2)c2ccccc2)cc1C. The number of carbonyl (C=O) groups is 1. The molecule has 0 radical (unpaired) electrons. The maximum absolute atomic E-state index is 12.2. The number of ether oxygens (including phenoxy) is 2. The second-order valence-corrected chi connectivity index (χ2v) is 10.6. The predicted octanol–water partition coefficient (Wildman–Crippen LogP) is 6.76. The Morgan fingerprint density at radius 3 is 1.78 bits per heavy atom. The smallest absolute Gasteiger partial charge is 0.311 e. The number of rotatable bonds is 9. The van der Waals surface area contributed by atoms with E-state index in [-0.39, 0.29) is 23.5 Å². The molecule has 0 aromatic heterocycles. The van der Waals surface area contributed by atoms with Crippen LogP contribution in [0.2, 0.25) is 0 Å². The summed E-state index contributed by atoms with van der Waals surface area (Å²) in [6, 6.07) is 25.7. The van der Waals surface area contributed by atoms with Crippen molar-refractivity contribution < 1.29 is 14.3 Å². The maximum atomic E-state index is 12.2. The van der Waals surface area contributed by atoms with Gasteiger partial charge in [-0.25, -0.2) is 0 Å². The zero-order valence-electron chi connectivity index (χ0n) is 19.7. The molecule has 0 aliphatic heterocycles. The molecule has 0 N–H and O–H groups in total. The highest BCUT2D eigenvalue weighted by molar-refractivity contribution is 7.97. The first-order valence-electron chi connectivity index (χ1n) is 11.1. The van der Waals surface area contributed by atoms with Crippen molar-refractivity contribution >= 4 is 16.9 Å². The zero-order valence-corrected chi connectivity index (χ0v) is 20.5. The van der Waals surface area contributed by atoms with Gasteiger partial charge in [-0.3, -0.25) is 4.79 Å². The maximum Gasteiger partial charge on any atom is 0.311 e. The van der Waals surface area contributed by atoms with Crippen LogP contribution in [0.25, 0.3) is 0 Å². The molecule has 3 aromatic carbocycles. The van der Waals surface area contributed by atoms with Gasteiger partial charge < -0.3 is 9.47 Å². The predicted molar refractivity (Wildman–Crippen MR) is 131 cm³/mol. The molecule has 0 saturated heterocycles. The number of benzene rings is 3. The Morgan fingerprint density at radius 2 is 1.31 bits per heavy atom. The molecular weight excluding hydrogens is 416 g/mol. The molecular formula is C28H33O3S+. The summed E-state index contributed by atoms with van der Waals surface area (Å²) in [6.07, 6.45) is 0.747. The van der Waals surface area contributed by atoms with Crippen LogP contribution in [-0.2, 0) is 20.4 Å². The second-order valence-electron chi connectivity index (χ2n) is 8.54. The average molecular weight is 450 g/mol. The van der Waals surface area contributed by atoms with Crippen molar-refractivity contribution in [1.29, 1.82) is 0 Å². The molecule has 0 atom stereocenters. The van der Waals surface area contributed by atoms with Crippen molar-refractivity contribution in [2.24, 2.45) is 5.41 Å². The van der Waals surface area contributed by atoms with Gasteiger partial charge in [-0.2, -0.15) is 0 Å². The molecule has 0 amide bonds. The van der Waals surface area contributed by atoms with Crippen LogP contribution in [0.3, 0.4) is 0 Å². The van der Waals surface area contributed by atoms with Crippen LogP contribution in [0.1, 0.15) is 38.3 Å². The molecule has 0 bridgehead atoms. The molecule has 32 heavy (non-hydrogen) atoms. The Labute approximate surface area is 195 Å². The molecule has 0 aliphatic rings. The van der Waals surface area contributed by atoms with Gasteiger partial charge in [-0.15, -0.1) is 0 Å². The summed E-state index contributed by atoms with van der Waals surface area (Å²) < 4.78 is 11.5. The number of hydrogen-bond donors (Lipinski definition) is 0. The van der Waals surface area contributed by atoms with Gasteiger partial charge in [0.2, 0.25) is 0 Å². The fourth-order valence-corrected chi connectivity index (χ4v) is 5.66. The largest absolute Gasteiger partial charge is 0.489 e. The molecule has 3 nitrogen and oxygen atoms in total. The first kappa shape index (κ1) is 23.9. The van der Waals surface area contributed by atoms with E-state index < -0.39 is 5.41 Å². The minimum Gasteiger partial charge on any atom is -0.489 e. The summed E-state index contributed by atoms with van der Waals surface area (Å²) in [6.45, 7) is 10.5. The Morgan fingerprint density at radius 1 is 0.812 bits per heavy atom. The summed E-state index contributed by atoms with van der Waals surface area (Å²) >= 11 is 0. The lowest BCUT2D eigenvalue weighted by molar-refractivity contribution is -0.154. The van der Waals surface area contributed by atoms with Gasteiger partial charge in [-0.05, 0) is 69.5 Å². The molecule has 4 heteroatoms. The van der Waals surface area contributed by atoms with Gasteiger partial charge in [0.1, 0.15) is 19.0 Å². The normalized spacial score (nSPS) is 11.4. The van der Waals surface area contributed by atoms with Gasteiger partial charge in [-0.1, -0.05) is 43.3 Å². The molecule has 0 heterocycles. The van der Waals surface area contributed by atoms with Gasteiger partial charge in [0.05, 0.1) is 16.3 Å². The summed E-state index contributed by atoms with van der Waals surface area (Å²) in [7, 11) is -0.193. The molecule has 168 valence electrons. The standard InChI is InChI=1S/C28H33O3S/c1-6-28(4,5)27(29)31-18-17-30-26-21(2)19-25(20-22(26)3)32(23-13-9-7-10-14-23)24-15-11-8-12-16-24/h7-16,19-20H,6,17-18H2,1-5H3/q+1. The Bertz CT molecular complexity index is 967. The van der Waals surface area contributed by atoms with Crippen LogP contribution >= 0.6 is 0 Å². The molecule has 0 spiro atoms. The number of hydrogen-bond acceptors (Lipinski definition) is 3. The van der Waals surface area contributed by atoms with Crippen molar-refractivity contribution in [2.75, 3.05) is 13.2 Å². The highest BCUT2D eigenvalue weighted by Gasteiger charge is 2.30. The summed E-state index contributed by atoms with van der Waals surface area (Å²) in [5.74, 6) is 0.686. The summed E-state index contributed by atoms with van der Waals surface area (Å²) in [4.78, 5) is 16.0. The van der Waals surface area contributed by atoms with Crippen molar-refractivity contribution in [2.45, 2.75) is 55.7 Å². The van der Waals surface area contributed by atoms with Crippen LogP contribution in [0, 0.1) is 19.3 Å². The number of carbonyl (C=O) groups excluding carboxylic acids is 1. The lowest BCUT2D eigenvalue weighted by atomic mass is 9.91. The van der Waals surface area contributed by atoms with E-state index in [1.54, 1.807) is 0 Å². The molecule has 0 unspecified atom stereocenters. The third-order valence-corrected chi connectivity index (χ3v) is 7.82. The van der Waals surface area contributed by atoms with Crippen LogP contribution in [-0.4, -0.2) is 19.2 Å². The lowest BCUT2D eigenvalue weighted by Crippen LogP contribution is -2.27. The van der Waals surface area contributed by atoms with Crippen LogP contribution in [0.5, 0.6) is 5.75 Å². The highest BCUT2D eigenvalue weighted by atomic mass is 32.2. The third kappa shape index (κ3) is 5.74. The number of aryl methyl sites for hydroxylation is 2. The highest BCUT2D eigenvalue weighted by Crippen LogP contribution is 2.35. The van der Waals surface area contributed by atoms with E-state index in [0.29, 0.717) is 6.61 Å². The van der Waals surface area contributed by atoms with Gasteiger partial charge in [0, 0.05) is 12.1 Å². The fourth-order valence-electron chi connectivity index (χ4n) is 3.40. The van der Waals surface area contributed by atoms with Gasteiger partial charge in [0.25, 0.3) is 0 Å². The van der Waals surface area contributed by atoms with Crippen molar-refractivity contribution in [3.8, 4) is 5.75 Å². The fraction of sp³-hybridized carbons (Fsp3) is 0.321. The van der Waals surface area contributed by atoms with E-state index in [1.165, 1.54) is 14.7 Å². The van der Waals surface area contributed by atoms with Crippen molar-refractivity contribution in [1.82, 2.24) is 0 Å². The first-order chi connectivity index (χ1) is 15.3. The van der Waals surface area contributed by atoms with E-state index in [0.717, 1.165) is 23.3 Å². The molecule has 0 fully saturated rings. The van der Waals surface area contributed by atoms with E-state index in [1.807, 2.05) is 20.8 Å².